The van der Waals surface area contributed by atoms with Crippen LogP contribution in [-0.4, -0.2) is 31.1 Å². The maximum Gasteiger partial charge on any atom is 0.0208 e. The van der Waals surface area contributed by atoms with E-state index in [4.69, 9.17) is 0 Å². The summed E-state index contributed by atoms with van der Waals surface area (Å²) in [4.78, 5) is 3.43. The van der Waals surface area contributed by atoms with Crippen LogP contribution >= 0.6 is 12.6 Å². The van der Waals surface area contributed by atoms with Gasteiger partial charge in [0.1, 0.15) is 0 Å². The van der Waals surface area contributed by atoms with Crippen LogP contribution in [-0.2, 0) is 6.54 Å². The zero-order chi connectivity index (χ0) is 14.1. The fourth-order valence-corrected chi connectivity index (χ4v) is 2.24. The minimum absolute atomic E-state index is 0.687. The van der Waals surface area contributed by atoms with Gasteiger partial charge in [-0.25, -0.2) is 0 Å². The third-order valence-corrected chi connectivity index (χ3v) is 3.55. The number of nitrogens with zero attached hydrogens (tertiary/aromatic N) is 1. The molecule has 0 aliphatic carbocycles. The minimum Gasteiger partial charge on any atom is -0.405 e. The molecule has 106 valence electrons. The molecule has 4 heteroatoms. The number of thiol groups is 1. The Labute approximate surface area is 122 Å². The highest BCUT2D eigenvalue weighted by Gasteiger charge is 2.15. The van der Waals surface area contributed by atoms with E-state index in [0.29, 0.717) is 6.04 Å². The van der Waals surface area contributed by atoms with Crippen molar-refractivity contribution in [3.8, 4) is 0 Å². The number of piperidine rings is 1. The monoisotopic (exact) mass is 279 g/mol. The van der Waals surface area contributed by atoms with Crippen molar-refractivity contribution in [2.24, 2.45) is 5.73 Å². The molecule has 19 heavy (non-hydrogen) atoms. The fraction of sp³-hybridized carbons (Fsp3) is 0.467. The van der Waals surface area contributed by atoms with Crippen molar-refractivity contribution in [3.05, 3.63) is 42.6 Å². The molecule has 0 amide bonds. The van der Waals surface area contributed by atoms with Gasteiger partial charge in [-0.15, -0.1) is 12.6 Å². The lowest BCUT2D eigenvalue weighted by Crippen LogP contribution is -2.40. The maximum absolute atomic E-state index is 4.61. The van der Waals surface area contributed by atoms with Gasteiger partial charge in [-0.3, -0.25) is 0 Å². The predicted octanol–water partition coefficient (Wildman–Crippen LogP) is 2.25. The summed E-state index contributed by atoms with van der Waals surface area (Å²) < 4.78 is 0. The lowest BCUT2D eigenvalue weighted by Gasteiger charge is -2.29. The van der Waals surface area contributed by atoms with Gasteiger partial charge in [0.25, 0.3) is 0 Å². The average molecular weight is 279 g/mol. The molecule has 0 saturated carbocycles. The van der Waals surface area contributed by atoms with Crippen LogP contribution < -0.4 is 11.1 Å². The van der Waals surface area contributed by atoms with E-state index < -0.39 is 0 Å². The Balaban J connectivity index is 0.000000550. The van der Waals surface area contributed by atoms with Gasteiger partial charge in [0.2, 0.25) is 0 Å². The molecule has 1 heterocycles. The van der Waals surface area contributed by atoms with Crippen molar-refractivity contribution >= 4 is 12.6 Å². The van der Waals surface area contributed by atoms with Crippen molar-refractivity contribution in [2.45, 2.75) is 30.3 Å². The fourth-order valence-electron chi connectivity index (χ4n) is 2.09. The Kier molecular flexibility index (Phi) is 7.63. The first kappa shape index (κ1) is 16.1. The summed E-state index contributed by atoms with van der Waals surface area (Å²) in [5.41, 5.74) is 5.96. The van der Waals surface area contributed by atoms with Crippen LogP contribution in [0.4, 0.5) is 0 Å². The Bertz CT molecular complexity index is 356. The van der Waals surface area contributed by atoms with E-state index in [2.05, 4.69) is 66.5 Å². The quantitative estimate of drug-likeness (QED) is 0.743. The van der Waals surface area contributed by atoms with Gasteiger partial charge in [-0.2, -0.15) is 0 Å². The SMILES string of the molecule is C=CN.CN1CCC(NCc2ccc(S)cc2)CC1. The molecule has 1 saturated heterocycles. The second-order valence-electron chi connectivity index (χ2n) is 4.86. The van der Waals surface area contributed by atoms with Gasteiger partial charge in [-0.1, -0.05) is 18.7 Å². The van der Waals surface area contributed by atoms with E-state index in [1.165, 1.54) is 37.7 Å². The highest BCUT2D eigenvalue weighted by Crippen LogP contribution is 2.11. The number of benzene rings is 1. The molecular formula is C15H25N3S. The first-order chi connectivity index (χ1) is 9.15. The Morgan fingerprint density at radius 3 is 2.42 bits per heavy atom. The predicted molar refractivity (Wildman–Crippen MR) is 85.4 cm³/mol. The van der Waals surface area contributed by atoms with Crippen LogP contribution in [0, 0.1) is 0 Å². The van der Waals surface area contributed by atoms with E-state index in [0.717, 1.165) is 11.4 Å². The van der Waals surface area contributed by atoms with Crippen molar-refractivity contribution in [2.75, 3.05) is 20.1 Å². The van der Waals surface area contributed by atoms with Gasteiger partial charge in [0.05, 0.1) is 0 Å². The molecule has 0 bridgehead atoms. The normalized spacial score (nSPS) is 16.5. The molecule has 2 rings (SSSR count). The van der Waals surface area contributed by atoms with E-state index in [1.54, 1.807) is 0 Å². The van der Waals surface area contributed by atoms with Gasteiger partial charge in [0.15, 0.2) is 0 Å². The second-order valence-corrected chi connectivity index (χ2v) is 5.38. The molecule has 3 N–H and O–H groups in total. The molecule has 0 unspecified atom stereocenters. The van der Waals surface area contributed by atoms with Crippen molar-refractivity contribution in [1.82, 2.24) is 10.2 Å². The topological polar surface area (TPSA) is 41.3 Å². The summed E-state index contributed by atoms with van der Waals surface area (Å²) in [5, 5.41) is 3.63. The number of hydrogen-bond donors (Lipinski definition) is 3. The molecule has 1 aliphatic rings. The summed E-state index contributed by atoms with van der Waals surface area (Å²) in [6, 6.07) is 9.07. The van der Waals surface area contributed by atoms with Gasteiger partial charge in [0, 0.05) is 17.5 Å². The highest BCUT2D eigenvalue weighted by atomic mass is 32.1. The third-order valence-electron chi connectivity index (χ3n) is 3.25. The van der Waals surface area contributed by atoms with Crippen LogP contribution in [0.15, 0.2) is 41.9 Å². The number of nitrogens with one attached hydrogen (secondary N) is 1. The largest absolute Gasteiger partial charge is 0.405 e. The highest BCUT2D eigenvalue weighted by molar-refractivity contribution is 7.80. The summed E-state index contributed by atoms with van der Waals surface area (Å²) in [5.74, 6) is 0. The zero-order valence-corrected chi connectivity index (χ0v) is 12.6. The van der Waals surface area contributed by atoms with E-state index in [-0.39, 0.29) is 0 Å². The van der Waals surface area contributed by atoms with Gasteiger partial charge >= 0.3 is 0 Å². The third kappa shape index (κ3) is 6.66. The molecular weight excluding hydrogens is 254 g/mol. The maximum atomic E-state index is 4.61. The van der Waals surface area contributed by atoms with Crippen LogP contribution in [0.1, 0.15) is 18.4 Å². The number of nitrogens with two attached hydrogens (primary N) is 1. The zero-order valence-electron chi connectivity index (χ0n) is 11.7. The lowest BCUT2D eigenvalue weighted by atomic mass is 10.1. The van der Waals surface area contributed by atoms with Gasteiger partial charge in [-0.05, 0) is 56.9 Å². The van der Waals surface area contributed by atoms with Crippen molar-refractivity contribution < 1.29 is 0 Å². The molecule has 0 atom stereocenters. The molecule has 0 aromatic heterocycles. The van der Waals surface area contributed by atoms with Crippen LogP contribution in [0.5, 0.6) is 0 Å². The molecule has 1 fully saturated rings. The number of likely N-dealkylation sites (tertiary alicyclic amines) is 1. The Hall–Kier alpha value is -0.970. The average Bonchev–Trinajstić information content (AvgIpc) is 2.41. The van der Waals surface area contributed by atoms with E-state index >= 15 is 0 Å². The first-order valence-corrected chi connectivity index (χ1v) is 7.13. The summed E-state index contributed by atoms with van der Waals surface area (Å²) in [6.45, 7) is 6.54. The molecule has 0 spiro atoms. The molecule has 1 aromatic rings. The summed E-state index contributed by atoms with van der Waals surface area (Å²) >= 11 is 4.29. The first-order valence-electron chi connectivity index (χ1n) is 6.68. The van der Waals surface area contributed by atoms with E-state index in [9.17, 15) is 0 Å². The smallest absolute Gasteiger partial charge is 0.0208 e. The molecule has 1 aromatic carbocycles. The number of rotatable bonds is 3. The van der Waals surface area contributed by atoms with Crippen LogP contribution in [0.3, 0.4) is 0 Å². The number of hydrogen-bond acceptors (Lipinski definition) is 4. The van der Waals surface area contributed by atoms with Crippen molar-refractivity contribution in [3.63, 3.8) is 0 Å². The minimum atomic E-state index is 0.687. The summed E-state index contributed by atoms with van der Waals surface area (Å²) in [6.07, 6.45) is 3.78. The Morgan fingerprint density at radius 1 is 1.37 bits per heavy atom. The van der Waals surface area contributed by atoms with Crippen LogP contribution in [0.2, 0.25) is 0 Å². The molecule has 3 nitrogen and oxygen atoms in total. The van der Waals surface area contributed by atoms with Crippen molar-refractivity contribution in [1.29, 1.82) is 0 Å². The van der Waals surface area contributed by atoms with Crippen LogP contribution in [0.25, 0.3) is 0 Å². The standard InChI is InChI=1S/C13H20N2S.C2H5N/c1-15-8-6-12(7-9-15)14-10-11-2-4-13(16)5-3-11;1-2-3/h2-5,12,14,16H,6-10H2,1H3;2H,1,3H2. The Morgan fingerprint density at radius 2 is 1.89 bits per heavy atom. The molecule has 1 aliphatic heterocycles. The molecule has 0 radical (unpaired) electrons. The summed E-state index contributed by atoms with van der Waals surface area (Å²) in [7, 11) is 2.20. The van der Waals surface area contributed by atoms with Gasteiger partial charge < -0.3 is 16.0 Å². The lowest BCUT2D eigenvalue weighted by molar-refractivity contribution is 0.234. The van der Waals surface area contributed by atoms with E-state index in [1.807, 2.05) is 0 Å². The second kappa shape index (κ2) is 9.02.